The second-order valence-electron chi connectivity index (χ2n) is 7.94. The molecule has 31 heavy (non-hydrogen) atoms. The summed E-state index contributed by atoms with van der Waals surface area (Å²) >= 11 is 0. The first-order valence-electron chi connectivity index (χ1n) is 10.0. The Hall–Kier alpha value is -3.22. The van der Waals surface area contributed by atoms with Crippen LogP contribution in [0.25, 0.3) is 11.1 Å². The quantitative estimate of drug-likeness (QED) is 0.513. The predicted octanol–water partition coefficient (Wildman–Crippen LogP) is 3.91. The smallest absolute Gasteiger partial charge is 0.240 e. The van der Waals surface area contributed by atoms with E-state index in [1.807, 2.05) is 43.3 Å². The minimum Gasteiger partial charge on any atom is -0.493 e. The van der Waals surface area contributed by atoms with Crippen molar-refractivity contribution in [1.29, 1.82) is 0 Å². The maximum absolute atomic E-state index is 14.6. The Bertz CT molecular complexity index is 1040. The summed E-state index contributed by atoms with van der Waals surface area (Å²) in [7, 11) is 0. The fourth-order valence-electron chi connectivity index (χ4n) is 3.23. The van der Waals surface area contributed by atoms with Crippen LogP contribution in [0.15, 0.2) is 72.8 Å². The van der Waals surface area contributed by atoms with E-state index in [4.69, 9.17) is 16.2 Å². The van der Waals surface area contributed by atoms with Crippen molar-refractivity contribution in [2.45, 2.75) is 31.4 Å². The Labute approximate surface area is 181 Å². The standard InChI is InChI=1S/C25H27FN2O3/c1-16(19-10-13-21(22(26)14-19)17-6-4-3-5-7-17)15-31-20-11-8-18(9-12-20)23(29)25(2,28)24(27)30/h3-14,16,23,29H,15,28H2,1-2H3,(H2,27,30). The van der Waals surface area contributed by atoms with Crippen LogP contribution in [0, 0.1) is 5.82 Å². The Morgan fingerprint density at radius 2 is 1.68 bits per heavy atom. The number of nitrogens with two attached hydrogens (primary N) is 2. The number of carbonyl (C=O) groups excluding carboxylic acids is 1. The van der Waals surface area contributed by atoms with E-state index in [9.17, 15) is 14.3 Å². The lowest BCUT2D eigenvalue weighted by atomic mass is 9.90. The molecule has 6 heteroatoms. The van der Waals surface area contributed by atoms with E-state index in [-0.39, 0.29) is 11.7 Å². The number of carbonyl (C=O) groups is 1. The van der Waals surface area contributed by atoms with E-state index in [1.54, 1.807) is 36.4 Å². The van der Waals surface area contributed by atoms with Gasteiger partial charge in [-0.05, 0) is 41.8 Å². The first-order valence-corrected chi connectivity index (χ1v) is 10.0. The zero-order valence-electron chi connectivity index (χ0n) is 17.6. The molecule has 5 nitrogen and oxygen atoms in total. The van der Waals surface area contributed by atoms with E-state index in [1.165, 1.54) is 6.92 Å². The summed E-state index contributed by atoms with van der Waals surface area (Å²) < 4.78 is 20.4. The average molecular weight is 423 g/mol. The van der Waals surface area contributed by atoms with Crippen molar-refractivity contribution < 1.29 is 19.0 Å². The Kier molecular flexibility index (Phi) is 6.73. The second kappa shape index (κ2) is 9.29. The van der Waals surface area contributed by atoms with Gasteiger partial charge >= 0.3 is 0 Å². The molecule has 0 aromatic heterocycles. The molecule has 0 aliphatic heterocycles. The maximum Gasteiger partial charge on any atom is 0.240 e. The lowest BCUT2D eigenvalue weighted by Crippen LogP contribution is -2.53. The van der Waals surface area contributed by atoms with Gasteiger partial charge in [-0.3, -0.25) is 4.79 Å². The van der Waals surface area contributed by atoms with Crippen molar-refractivity contribution in [2.24, 2.45) is 11.5 Å². The molecule has 0 saturated carbocycles. The van der Waals surface area contributed by atoms with E-state index in [2.05, 4.69) is 0 Å². The molecule has 3 atom stereocenters. The van der Waals surface area contributed by atoms with E-state index >= 15 is 0 Å². The van der Waals surface area contributed by atoms with E-state index in [0.717, 1.165) is 11.1 Å². The molecule has 0 spiro atoms. The number of benzene rings is 3. The van der Waals surface area contributed by atoms with Gasteiger partial charge in [0.05, 0.1) is 6.61 Å². The molecular formula is C25H27FN2O3. The van der Waals surface area contributed by atoms with Crippen LogP contribution >= 0.6 is 0 Å². The third kappa shape index (κ3) is 5.10. The minimum absolute atomic E-state index is 0.0354. The van der Waals surface area contributed by atoms with Crippen molar-refractivity contribution in [2.75, 3.05) is 6.61 Å². The summed E-state index contributed by atoms with van der Waals surface area (Å²) in [6, 6.07) is 21.3. The summed E-state index contributed by atoms with van der Waals surface area (Å²) in [5, 5.41) is 10.3. The van der Waals surface area contributed by atoms with Crippen LogP contribution in [0.5, 0.6) is 5.75 Å². The third-order valence-corrected chi connectivity index (χ3v) is 5.44. The molecule has 0 aliphatic carbocycles. The minimum atomic E-state index is -1.58. The lowest BCUT2D eigenvalue weighted by molar-refractivity contribution is -0.126. The number of rotatable bonds is 8. The maximum atomic E-state index is 14.6. The van der Waals surface area contributed by atoms with Gasteiger partial charge in [0.15, 0.2) is 0 Å². The molecule has 0 saturated heterocycles. The van der Waals surface area contributed by atoms with Gasteiger partial charge in [0.2, 0.25) is 5.91 Å². The number of aliphatic hydroxyl groups is 1. The molecule has 0 aliphatic rings. The van der Waals surface area contributed by atoms with Crippen LogP contribution in [-0.2, 0) is 4.79 Å². The summed E-state index contributed by atoms with van der Waals surface area (Å²) in [5.41, 5.74) is 12.2. The van der Waals surface area contributed by atoms with Gasteiger partial charge in [0, 0.05) is 11.5 Å². The van der Waals surface area contributed by atoms with Gasteiger partial charge in [-0.25, -0.2) is 4.39 Å². The van der Waals surface area contributed by atoms with Gasteiger partial charge < -0.3 is 21.3 Å². The number of halogens is 1. The highest BCUT2D eigenvalue weighted by Gasteiger charge is 2.35. The van der Waals surface area contributed by atoms with Crippen LogP contribution in [-0.4, -0.2) is 23.2 Å². The van der Waals surface area contributed by atoms with Gasteiger partial charge in [0.1, 0.15) is 23.2 Å². The fraction of sp³-hybridized carbons (Fsp3) is 0.240. The van der Waals surface area contributed by atoms with Crippen molar-refractivity contribution in [3.05, 3.63) is 89.7 Å². The molecule has 3 aromatic carbocycles. The molecule has 3 aromatic rings. The summed E-state index contributed by atoms with van der Waals surface area (Å²) in [6.07, 6.45) is -1.23. The van der Waals surface area contributed by atoms with E-state index < -0.39 is 17.6 Å². The first-order chi connectivity index (χ1) is 14.7. The Morgan fingerprint density at radius 3 is 2.26 bits per heavy atom. The zero-order chi connectivity index (χ0) is 22.6. The number of hydrogen-bond acceptors (Lipinski definition) is 4. The lowest BCUT2D eigenvalue weighted by Gasteiger charge is -2.27. The van der Waals surface area contributed by atoms with Crippen LogP contribution in [0.2, 0.25) is 0 Å². The molecule has 0 fully saturated rings. The summed E-state index contributed by atoms with van der Waals surface area (Å²) in [5.74, 6) is -0.512. The number of hydrogen-bond donors (Lipinski definition) is 3. The number of primary amides is 1. The normalized spacial score (nSPS) is 15.0. The summed E-state index contributed by atoms with van der Waals surface area (Å²) in [4.78, 5) is 11.4. The Balaban J connectivity index is 1.64. The number of aliphatic hydroxyl groups excluding tert-OH is 1. The first kappa shape index (κ1) is 22.5. The molecule has 0 heterocycles. The van der Waals surface area contributed by atoms with Gasteiger partial charge in [0.25, 0.3) is 0 Å². The molecule has 5 N–H and O–H groups in total. The van der Waals surface area contributed by atoms with Crippen LogP contribution in [0.3, 0.4) is 0 Å². The SMILES string of the molecule is CC(COc1ccc(C(O)C(C)(N)C(N)=O)cc1)c1ccc(-c2ccccc2)c(F)c1. The average Bonchev–Trinajstić information content (AvgIpc) is 2.77. The van der Waals surface area contributed by atoms with Crippen molar-refractivity contribution >= 4 is 5.91 Å². The fourth-order valence-corrected chi connectivity index (χ4v) is 3.23. The largest absolute Gasteiger partial charge is 0.493 e. The van der Waals surface area contributed by atoms with E-state index in [0.29, 0.717) is 23.5 Å². The van der Waals surface area contributed by atoms with Crippen molar-refractivity contribution in [3.63, 3.8) is 0 Å². The molecule has 0 bridgehead atoms. The molecule has 0 radical (unpaired) electrons. The highest BCUT2D eigenvalue weighted by molar-refractivity contribution is 5.84. The van der Waals surface area contributed by atoms with Gasteiger partial charge in [-0.2, -0.15) is 0 Å². The highest BCUT2D eigenvalue weighted by atomic mass is 19.1. The van der Waals surface area contributed by atoms with Crippen molar-refractivity contribution in [3.8, 4) is 16.9 Å². The molecular weight excluding hydrogens is 395 g/mol. The predicted molar refractivity (Wildman–Crippen MR) is 119 cm³/mol. The zero-order valence-corrected chi connectivity index (χ0v) is 17.6. The number of amides is 1. The Morgan fingerprint density at radius 1 is 1.06 bits per heavy atom. The topological polar surface area (TPSA) is 98.6 Å². The molecule has 3 rings (SSSR count). The van der Waals surface area contributed by atoms with Crippen LogP contribution < -0.4 is 16.2 Å². The number of ether oxygens (including phenoxy) is 1. The van der Waals surface area contributed by atoms with Crippen molar-refractivity contribution in [1.82, 2.24) is 0 Å². The van der Waals surface area contributed by atoms with Gasteiger partial charge in [-0.1, -0.05) is 61.5 Å². The molecule has 1 amide bonds. The monoisotopic (exact) mass is 422 g/mol. The van der Waals surface area contributed by atoms with Crippen LogP contribution in [0.4, 0.5) is 4.39 Å². The molecule has 162 valence electrons. The third-order valence-electron chi connectivity index (χ3n) is 5.44. The second-order valence-corrected chi connectivity index (χ2v) is 7.94. The molecule has 3 unspecified atom stereocenters. The van der Waals surface area contributed by atoms with Gasteiger partial charge in [-0.15, -0.1) is 0 Å². The van der Waals surface area contributed by atoms with Crippen LogP contribution in [0.1, 0.15) is 37.0 Å². The summed E-state index contributed by atoms with van der Waals surface area (Å²) in [6.45, 7) is 3.69. The highest BCUT2D eigenvalue weighted by Crippen LogP contribution is 2.28.